The van der Waals surface area contributed by atoms with Crippen LogP contribution in [0.25, 0.3) is 11.0 Å². The number of rotatable bonds is 5. The minimum atomic E-state index is -0.289. The van der Waals surface area contributed by atoms with Crippen LogP contribution in [0.5, 0.6) is 0 Å². The molecule has 0 fully saturated rings. The molecule has 0 aliphatic heterocycles. The monoisotopic (exact) mass is 349 g/mol. The predicted octanol–water partition coefficient (Wildman–Crippen LogP) is 1.00. The maximum atomic E-state index is 12.4. The Morgan fingerprint density at radius 2 is 1.96 bits per heavy atom. The summed E-state index contributed by atoms with van der Waals surface area (Å²) in [5.41, 5.74) is 1.15. The van der Waals surface area contributed by atoms with Crippen molar-refractivity contribution in [2.45, 2.75) is 13.1 Å². The van der Waals surface area contributed by atoms with E-state index in [2.05, 4.69) is 25.5 Å². The zero-order valence-electron chi connectivity index (χ0n) is 13.7. The number of benzene rings is 1. The number of aromatic nitrogens is 6. The van der Waals surface area contributed by atoms with Crippen molar-refractivity contribution in [1.82, 2.24) is 29.5 Å². The molecule has 0 saturated carbocycles. The standard InChI is InChI=1S/C17H15N7O2/c25-15(10-24-16-13(8-21-24)17(26)19-11-18-16)22-14-6-7-20-23(14)9-12-4-2-1-3-5-12/h1-8,11H,9-10H2,(H,22,25)(H,18,19,26). The number of hydrogen-bond donors (Lipinski definition) is 2. The van der Waals surface area contributed by atoms with E-state index in [1.54, 1.807) is 16.9 Å². The van der Waals surface area contributed by atoms with Crippen LogP contribution in [0.1, 0.15) is 5.56 Å². The first-order valence-corrected chi connectivity index (χ1v) is 7.95. The molecule has 0 unspecified atom stereocenters. The number of hydrogen-bond acceptors (Lipinski definition) is 5. The van der Waals surface area contributed by atoms with E-state index in [0.29, 0.717) is 23.4 Å². The first-order valence-electron chi connectivity index (χ1n) is 7.95. The van der Waals surface area contributed by atoms with E-state index < -0.39 is 0 Å². The molecule has 26 heavy (non-hydrogen) atoms. The highest BCUT2D eigenvalue weighted by Gasteiger charge is 2.12. The molecule has 4 rings (SSSR count). The van der Waals surface area contributed by atoms with E-state index in [9.17, 15) is 9.59 Å². The van der Waals surface area contributed by atoms with Gasteiger partial charge < -0.3 is 10.3 Å². The highest BCUT2D eigenvalue weighted by Crippen LogP contribution is 2.11. The summed E-state index contributed by atoms with van der Waals surface area (Å²) in [6.45, 7) is 0.488. The molecule has 130 valence electrons. The summed E-state index contributed by atoms with van der Waals surface area (Å²) in [5, 5.41) is 11.5. The Morgan fingerprint density at radius 3 is 2.81 bits per heavy atom. The average Bonchev–Trinajstić information content (AvgIpc) is 3.24. The van der Waals surface area contributed by atoms with Crippen LogP contribution in [0, 0.1) is 0 Å². The number of carbonyl (C=O) groups is 1. The van der Waals surface area contributed by atoms with Crippen molar-refractivity contribution in [3.05, 3.63) is 71.0 Å². The van der Waals surface area contributed by atoms with Crippen LogP contribution in [0.2, 0.25) is 0 Å². The molecule has 4 aromatic rings. The molecule has 9 heteroatoms. The van der Waals surface area contributed by atoms with Gasteiger partial charge in [-0.25, -0.2) is 14.3 Å². The third kappa shape index (κ3) is 3.09. The fourth-order valence-corrected chi connectivity index (χ4v) is 2.66. The van der Waals surface area contributed by atoms with Crippen LogP contribution in [0.3, 0.4) is 0 Å². The van der Waals surface area contributed by atoms with Gasteiger partial charge in [-0.3, -0.25) is 9.59 Å². The SMILES string of the molecule is O=C(Cn1ncc2c(=O)[nH]cnc21)Nc1ccnn1Cc1ccccc1. The van der Waals surface area contributed by atoms with Crippen LogP contribution in [0.4, 0.5) is 5.82 Å². The van der Waals surface area contributed by atoms with Gasteiger partial charge in [-0.1, -0.05) is 30.3 Å². The number of nitrogens with zero attached hydrogens (tertiary/aromatic N) is 5. The first-order chi connectivity index (χ1) is 12.7. The Kier molecular flexibility index (Phi) is 4.02. The predicted molar refractivity (Wildman–Crippen MR) is 94.5 cm³/mol. The molecule has 9 nitrogen and oxygen atoms in total. The van der Waals surface area contributed by atoms with Crippen molar-refractivity contribution in [1.29, 1.82) is 0 Å². The highest BCUT2D eigenvalue weighted by molar-refractivity contribution is 5.90. The van der Waals surface area contributed by atoms with Crippen LogP contribution in [0.15, 0.2) is 59.9 Å². The second-order valence-electron chi connectivity index (χ2n) is 5.68. The summed E-state index contributed by atoms with van der Waals surface area (Å²) in [4.78, 5) is 30.6. The molecule has 0 aliphatic rings. The van der Waals surface area contributed by atoms with Gasteiger partial charge in [0.15, 0.2) is 5.65 Å². The van der Waals surface area contributed by atoms with Gasteiger partial charge in [0.25, 0.3) is 5.56 Å². The molecule has 3 aromatic heterocycles. The fraction of sp³-hybridized carbons (Fsp3) is 0.118. The first kappa shape index (κ1) is 15.8. The van der Waals surface area contributed by atoms with Gasteiger partial charge in [0.05, 0.1) is 25.3 Å². The van der Waals surface area contributed by atoms with Crippen molar-refractivity contribution in [3.8, 4) is 0 Å². The smallest absolute Gasteiger partial charge is 0.261 e. The second kappa shape index (κ2) is 6.63. The summed E-state index contributed by atoms with van der Waals surface area (Å²) in [7, 11) is 0. The van der Waals surface area contributed by atoms with Crippen molar-refractivity contribution in [2.75, 3.05) is 5.32 Å². The molecule has 0 radical (unpaired) electrons. The third-order valence-electron chi connectivity index (χ3n) is 3.89. The van der Waals surface area contributed by atoms with Gasteiger partial charge in [0.1, 0.15) is 17.7 Å². The zero-order valence-corrected chi connectivity index (χ0v) is 13.7. The number of fused-ring (bicyclic) bond motifs is 1. The lowest BCUT2D eigenvalue weighted by atomic mass is 10.2. The van der Waals surface area contributed by atoms with E-state index >= 15 is 0 Å². The number of H-pyrrole nitrogens is 1. The molecule has 0 saturated heterocycles. The lowest BCUT2D eigenvalue weighted by molar-refractivity contribution is -0.116. The van der Waals surface area contributed by atoms with Crippen LogP contribution in [-0.2, 0) is 17.9 Å². The fourth-order valence-electron chi connectivity index (χ4n) is 2.66. The number of aromatic amines is 1. The molecule has 0 spiro atoms. The maximum Gasteiger partial charge on any atom is 0.261 e. The summed E-state index contributed by atoms with van der Waals surface area (Å²) >= 11 is 0. The lowest BCUT2D eigenvalue weighted by Crippen LogP contribution is -2.22. The van der Waals surface area contributed by atoms with Crippen LogP contribution < -0.4 is 10.9 Å². The Bertz CT molecular complexity index is 1110. The number of carbonyl (C=O) groups excluding carboxylic acids is 1. The second-order valence-corrected chi connectivity index (χ2v) is 5.68. The summed E-state index contributed by atoms with van der Waals surface area (Å²) < 4.78 is 3.09. The van der Waals surface area contributed by atoms with Gasteiger partial charge in [-0.2, -0.15) is 10.2 Å². The molecule has 1 amide bonds. The van der Waals surface area contributed by atoms with Gasteiger partial charge in [0, 0.05) is 6.07 Å². The van der Waals surface area contributed by atoms with Crippen LogP contribution in [-0.4, -0.2) is 35.4 Å². The Morgan fingerprint density at radius 1 is 1.12 bits per heavy atom. The molecule has 0 atom stereocenters. The van der Waals surface area contributed by atoms with E-state index in [1.165, 1.54) is 17.2 Å². The van der Waals surface area contributed by atoms with E-state index in [1.807, 2.05) is 30.3 Å². The molecule has 0 bridgehead atoms. The van der Waals surface area contributed by atoms with E-state index in [4.69, 9.17) is 0 Å². The largest absolute Gasteiger partial charge is 0.312 e. The number of nitrogens with one attached hydrogen (secondary N) is 2. The molecule has 3 heterocycles. The Labute approximate surface area is 147 Å². The molecular formula is C17H15N7O2. The van der Waals surface area contributed by atoms with Gasteiger partial charge in [-0.05, 0) is 5.56 Å². The summed E-state index contributed by atoms with van der Waals surface area (Å²) in [6, 6.07) is 11.6. The van der Waals surface area contributed by atoms with Crippen molar-refractivity contribution in [2.24, 2.45) is 0 Å². The summed E-state index contributed by atoms with van der Waals surface area (Å²) in [6.07, 6.45) is 4.31. The van der Waals surface area contributed by atoms with Crippen molar-refractivity contribution < 1.29 is 4.79 Å². The van der Waals surface area contributed by atoms with Gasteiger partial charge in [0.2, 0.25) is 5.91 Å². The third-order valence-corrected chi connectivity index (χ3v) is 3.89. The zero-order chi connectivity index (χ0) is 17.9. The van der Waals surface area contributed by atoms with Crippen LogP contribution >= 0.6 is 0 Å². The lowest BCUT2D eigenvalue weighted by Gasteiger charge is -2.09. The average molecular weight is 349 g/mol. The molecular weight excluding hydrogens is 334 g/mol. The van der Waals surface area contributed by atoms with E-state index in [0.717, 1.165) is 5.56 Å². The molecule has 1 aromatic carbocycles. The topological polar surface area (TPSA) is 110 Å². The Hall–Kier alpha value is -3.75. The maximum absolute atomic E-state index is 12.4. The quantitative estimate of drug-likeness (QED) is 0.558. The summed E-state index contributed by atoms with van der Waals surface area (Å²) in [5.74, 6) is 0.299. The number of amides is 1. The van der Waals surface area contributed by atoms with Crippen molar-refractivity contribution in [3.63, 3.8) is 0 Å². The van der Waals surface area contributed by atoms with Gasteiger partial charge in [-0.15, -0.1) is 0 Å². The molecule has 0 aliphatic carbocycles. The Balaban J connectivity index is 1.49. The highest BCUT2D eigenvalue weighted by atomic mass is 16.2. The minimum absolute atomic E-state index is 0.0591. The number of anilines is 1. The normalized spacial score (nSPS) is 10.9. The van der Waals surface area contributed by atoms with E-state index in [-0.39, 0.29) is 18.0 Å². The molecule has 2 N–H and O–H groups in total. The van der Waals surface area contributed by atoms with Gasteiger partial charge >= 0.3 is 0 Å². The van der Waals surface area contributed by atoms with Crippen molar-refractivity contribution >= 4 is 22.8 Å². The minimum Gasteiger partial charge on any atom is -0.312 e.